The highest BCUT2D eigenvalue weighted by Crippen LogP contribution is 2.27. The highest BCUT2D eigenvalue weighted by Gasteiger charge is 2.26. The number of amides is 1. The number of aryl methyl sites for hydroxylation is 2. The summed E-state index contributed by atoms with van der Waals surface area (Å²) >= 11 is 4.93. The van der Waals surface area contributed by atoms with Gasteiger partial charge >= 0.3 is 0 Å². The summed E-state index contributed by atoms with van der Waals surface area (Å²) in [6, 6.07) is 8.21. The lowest BCUT2D eigenvalue weighted by molar-refractivity contribution is 0.0598. The van der Waals surface area contributed by atoms with E-state index in [4.69, 9.17) is 4.74 Å². The lowest BCUT2D eigenvalue weighted by Gasteiger charge is -2.32. The van der Waals surface area contributed by atoms with Gasteiger partial charge in [0.1, 0.15) is 16.7 Å². The van der Waals surface area contributed by atoms with Crippen molar-refractivity contribution in [3.63, 3.8) is 0 Å². The van der Waals surface area contributed by atoms with Crippen molar-refractivity contribution < 1.29 is 9.53 Å². The lowest BCUT2D eigenvalue weighted by Crippen LogP contribution is -2.41. The second kappa shape index (κ2) is 7.05. The molecule has 23 heavy (non-hydrogen) atoms. The summed E-state index contributed by atoms with van der Waals surface area (Å²) in [7, 11) is 0. The maximum atomic E-state index is 12.5. The van der Waals surface area contributed by atoms with E-state index in [0.29, 0.717) is 0 Å². The molecule has 2 aromatic rings. The van der Waals surface area contributed by atoms with E-state index in [1.807, 2.05) is 16.3 Å². The summed E-state index contributed by atoms with van der Waals surface area (Å²) in [5.74, 6) is 1.09. The van der Waals surface area contributed by atoms with Crippen molar-refractivity contribution in [2.75, 3.05) is 13.1 Å². The minimum absolute atomic E-state index is 0.122. The smallest absolute Gasteiger partial charge is 0.265 e. The zero-order valence-electron chi connectivity index (χ0n) is 13.3. The summed E-state index contributed by atoms with van der Waals surface area (Å²) in [5, 5.41) is 1.94. The number of hydrogen-bond donors (Lipinski definition) is 0. The Hall–Kier alpha value is -1.33. The van der Waals surface area contributed by atoms with Crippen molar-refractivity contribution in [1.82, 2.24) is 4.90 Å². The molecule has 5 heteroatoms. The van der Waals surface area contributed by atoms with E-state index >= 15 is 0 Å². The first kappa shape index (κ1) is 16.5. The Kier molecular flexibility index (Phi) is 5.07. The van der Waals surface area contributed by atoms with Crippen LogP contribution in [-0.4, -0.2) is 30.0 Å². The first-order valence-electron chi connectivity index (χ1n) is 7.81. The van der Waals surface area contributed by atoms with Gasteiger partial charge in [0.05, 0.1) is 0 Å². The number of rotatable bonds is 3. The molecule has 122 valence electrons. The average molecular weight is 394 g/mol. The van der Waals surface area contributed by atoms with E-state index in [0.717, 1.165) is 46.6 Å². The van der Waals surface area contributed by atoms with Crippen molar-refractivity contribution in [2.24, 2.45) is 0 Å². The number of carbonyl (C=O) groups is 1. The van der Waals surface area contributed by atoms with Crippen LogP contribution in [-0.2, 0) is 0 Å². The van der Waals surface area contributed by atoms with Crippen LogP contribution in [0.15, 0.2) is 34.1 Å². The highest BCUT2D eigenvalue weighted by molar-refractivity contribution is 9.10. The molecule has 1 amide bonds. The fourth-order valence-electron chi connectivity index (χ4n) is 2.78. The molecule has 0 saturated carbocycles. The summed E-state index contributed by atoms with van der Waals surface area (Å²) in [6.45, 7) is 5.64. The molecule has 0 N–H and O–H groups in total. The topological polar surface area (TPSA) is 29.5 Å². The van der Waals surface area contributed by atoms with E-state index in [9.17, 15) is 4.79 Å². The first-order chi connectivity index (χ1) is 11.0. The quantitative estimate of drug-likeness (QED) is 0.748. The van der Waals surface area contributed by atoms with Gasteiger partial charge in [-0.15, -0.1) is 11.3 Å². The SMILES string of the molecule is Cc1ccc(C)c(OC2CCN(C(=O)c3sccc3Br)CC2)c1. The standard InChI is InChI=1S/C18H20BrNO2S/c1-12-3-4-13(2)16(11-12)22-14-5-8-20(9-6-14)18(21)17-15(19)7-10-23-17/h3-4,7,10-11,14H,5-6,8-9H2,1-2H3. The molecular formula is C18H20BrNO2S. The van der Waals surface area contributed by atoms with Gasteiger partial charge in [0.2, 0.25) is 0 Å². The fraction of sp³-hybridized carbons (Fsp3) is 0.389. The molecule has 2 heterocycles. The number of likely N-dealkylation sites (tertiary alicyclic amines) is 1. The summed E-state index contributed by atoms with van der Waals surface area (Å²) in [6.07, 6.45) is 1.94. The second-order valence-corrected chi connectivity index (χ2v) is 7.75. The molecule has 1 aromatic heterocycles. The maximum Gasteiger partial charge on any atom is 0.265 e. The molecule has 0 bridgehead atoms. The number of halogens is 1. The predicted molar refractivity (Wildman–Crippen MR) is 97.5 cm³/mol. The summed E-state index contributed by atoms with van der Waals surface area (Å²) in [5.41, 5.74) is 2.37. The molecule has 0 aliphatic carbocycles. The van der Waals surface area contributed by atoms with Gasteiger partial charge < -0.3 is 9.64 Å². The number of hydrogen-bond acceptors (Lipinski definition) is 3. The van der Waals surface area contributed by atoms with E-state index < -0.39 is 0 Å². The highest BCUT2D eigenvalue weighted by atomic mass is 79.9. The van der Waals surface area contributed by atoms with Gasteiger partial charge in [0.25, 0.3) is 5.91 Å². The third kappa shape index (κ3) is 3.78. The molecule has 0 radical (unpaired) electrons. The van der Waals surface area contributed by atoms with Crippen molar-refractivity contribution in [3.05, 3.63) is 50.1 Å². The van der Waals surface area contributed by atoms with Crippen LogP contribution in [0.25, 0.3) is 0 Å². The third-order valence-electron chi connectivity index (χ3n) is 4.18. The lowest BCUT2D eigenvalue weighted by atomic mass is 10.1. The average Bonchev–Trinajstić information content (AvgIpc) is 2.97. The second-order valence-electron chi connectivity index (χ2n) is 5.98. The van der Waals surface area contributed by atoms with Crippen LogP contribution in [0.3, 0.4) is 0 Å². The normalized spacial score (nSPS) is 15.7. The van der Waals surface area contributed by atoms with Crippen LogP contribution in [0.2, 0.25) is 0 Å². The Balaban J connectivity index is 1.59. The van der Waals surface area contributed by atoms with Crippen molar-refractivity contribution >= 4 is 33.2 Å². The first-order valence-corrected chi connectivity index (χ1v) is 9.48. The van der Waals surface area contributed by atoms with Crippen molar-refractivity contribution in [3.8, 4) is 5.75 Å². The molecule has 1 aromatic carbocycles. The Morgan fingerprint density at radius 1 is 1.26 bits per heavy atom. The molecule has 1 aliphatic heterocycles. The number of nitrogens with zero attached hydrogens (tertiary/aromatic N) is 1. The molecule has 0 atom stereocenters. The van der Waals surface area contributed by atoms with Gasteiger partial charge in [-0.2, -0.15) is 0 Å². The Morgan fingerprint density at radius 2 is 2.00 bits per heavy atom. The fourth-order valence-corrected chi connectivity index (χ4v) is 4.29. The van der Waals surface area contributed by atoms with E-state index in [2.05, 4.69) is 48.0 Å². The van der Waals surface area contributed by atoms with Crippen LogP contribution in [0.5, 0.6) is 5.75 Å². The molecular weight excluding hydrogens is 374 g/mol. The molecule has 3 nitrogen and oxygen atoms in total. The van der Waals surface area contributed by atoms with Gasteiger partial charge in [-0.3, -0.25) is 4.79 Å². The van der Waals surface area contributed by atoms with Gasteiger partial charge in [-0.25, -0.2) is 0 Å². The summed E-state index contributed by atoms with van der Waals surface area (Å²) in [4.78, 5) is 15.2. The summed E-state index contributed by atoms with van der Waals surface area (Å²) < 4.78 is 7.05. The van der Waals surface area contributed by atoms with Crippen LogP contribution < -0.4 is 4.74 Å². The zero-order valence-corrected chi connectivity index (χ0v) is 15.7. The Bertz CT molecular complexity index is 705. The van der Waals surface area contributed by atoms with E-state index in [1.165, 1.54) is 16.9 Å². The zero-order chi connectivity index (χ0) is 16.4. The van der Waals surface area contributed by atoms with E-state index in [1.54, 1.807) is 0 Å². The van der Waals surface area contributed by atoms with Crippen LogP contribution >= 0.6 is 27.3 Å². The Morgan fingerprint density at radius 3 is 2.65 bits per heavy atom. The molecule has 1 saturated heterocycles. The predicted octanol–water partition coefficient (Wildman–Crippen LogP) is 4.81. The molecule has 1 aliphatic rings. The third-order valence-corrected chi connectivity index (χ3v) is 6.00. The molecule has 1 fully saturated rings. The van der Waals surface area contributed by atoms with Crippen molar-refractivity contribution in [2.45, 2.75) is 32.8 Å². The minimum Gasteiger partial charge on any atom is -0.490 e. The van der Waals surface area contributed by atoms with Gasteiger partial charge in [0.15, 0.2) is 0 Å². The van der Waals surface area contributed by atoms with E-state index in [-0.39, 0.29) is 12.0 Å². The van der Waals surface area contributed by atoms with Gasteiger partial charge in [-0.05, 0) is 58.4 Å². The molecule has 0 spiro atoms. The maximum absolute atomic E-state index is 12.5. The van der Waals surface area contributed by atoms with Gasteiger partial charge in [0, 0.05) is 30.4 Å². The van der Waals surface area contributed by atoms with Crippen LogP contribution in [0.4, 0.5) is 0 Å². The van der Waals surface area contributed by atoms with Gasteiger partial charge in [-0.1, -0.05) is 12.1 Å². The largest absolute Gasteiger partial charge is 0.490 e. The number of ether oxygens (including phenoxy) is 1. The van der Waals surface area contributed by atoms with Crippen LogP contribution in [0.1, 0.15) is 33.6 Å². The minimum atomic E-state index is 0.122. The molecule has 3 rings (SSSR count). The van der Waals surface area contributed by atoms with Crippen molar-refractivity contribution in [1.29, 1.82) is 0 Å². The Labute approximate surface area is 149 Å². The number of thiophene rings is 1. The number of benzene rings is 1. The molecule has 0 unspecified atom stereocenters. The number of piperidine rings is 1. The monoisotopic (exact) mass is 393 g/mol. The van der Waals surface area contributed by atoms with Crippen LogP contribution in [0, 0.1) is 13.8 Å². The number of carbonyl (C=O) groups excluding carboxylic acids is 1.